The molecule has 0 unspecified atom stereocenters. The number of para-hydroxylation sites is 2. The lowest BCUT2D eigenvalue weighted by Crippen LogP contribution is -2.48. The number of hydrogen-bond donors (Lipinski definition) is 1. The number of amides is 1. The average molecular weight is 495 g/mol. The van der Waals surface area contributed by atoms with Crippen molar-refractivity contribution in [3.63, 3.8) is 0 Å². The molecule has 0 spiro atoms. The number of hydrogen-bond acceptors (Lipinski definition) is 5. The van der Waals surface area contributed by atoms with E-state index >= 15 is 0 Å². The Morgan fingerprint density at radius 2 is 1.51 bits per heavy atom. The summed E-state index contributed by atoms with van der Waals surface area (Å²) >= 11 is 0. The Morgan fingerprint density at radius 1 is 0.919 bits per heavy atom. The van der Waals surface area contributed by atoms with Gasteiger partial charge in [-0.15, -0.1) is 0 Å². The molecule has 1 aliphatic rings. The van der Waals surface area contributed by atoms with Crippen molar-refractivity contribution in [2.75, 3.05) is 18.1 Å². The van der Waals surface area contributed by atoms with Crippen LogP contribution in [-0.2, 0) is 0 Å². The number of aromatic nitrogens is 1. The maximum atomic E-state index is 14.1. The number of rotatable bonds is 5. The first-order chi connectivity index (χ1) is 17.8. The molecule has 2 heterocycles. The van der Waals surface area contributed by atoms with Crippen molar-refractivity contribution in [2.45, 2.75) is 45.3 Å². The largest absolute Gasteiger partial charge is 0.487 e. The van der Waals surface area contributed by atoms with Gasteiger partial charge in [-0.25, -0.2) is 15.8 Å². The first-order valence-corrected chi connectivity index (χ1v) is 12.9. The Bertz CT molecular complexity index is 1380. The molecule has 3 aromatic carbocycles. The predicted octanol–water partition coefficient (Wildman–Crippen LogP) is 6.06. The number of benzene rings is 3. The zero-order valence-electron chi connectivity index (χ0n) is 21.7. The van der Waals surface area contributed by atoms with E-state index in [0.29, 0.717) is 22.7 Å². The lowest BCUT2D eigenvalue weighted by Gasteiger charge is -2.41. The van der Waals surface area contributed by atoms with Gasteiger partial charge in [0, 0.05) is 29.6 Å². The SMILES string of the molecule is CC(C)(C)N1CCC(Oc2c(-c3ccccc3)nc3ccccc3c2C(=O)N(N)c2ccccc2)CC1. The van der Waals surface area contributed by atoms with E-state index in [-0.39, 0.29) is 17.6 Å². The topological polar surface area (TPSA) is 71.7 Å². The molecule has 2 N–H and O–H groups in total. The Hall–Kier alpha value is -3.74. The third kappa shape index (κ3) is 5.22. The van der Waals surface area contributed by atoms with Crippen LogP contribution in [0.15, 0.2) is 84.9 Å². The fourth-order valence-electron chi connectivity index (χ4n) is 4.95. The smallest absolute Gasteiger partial charge is 0.277 e. The molecular weight excluding hydrogens is 460 g/mol. The molecule has 1 saturated heterocycles. The minimum atomic E-state index is -0.330. The highest BCUT2D eigenvalue weighted by molar-refractivity contribution is 6.16. The second-order valence-corrected chi connectivity index (χ2v) is 10.5. The van der Waals surface area contributed by atoms with Crippen molar-refractivity contribution in [1.82, 2.24) is 9.88 Å². The highest BCUT2D eigenvalue weighted by Crippen LogP contribution is 2.39. The van der Waals surface area contributed by atoms with E-state index in [1.165, 1.54) is 5.01 Å². The van der Waals surface area contributed by atoms with Gasteiger partial charge in [-0.2, -0.15) is 0 Å². The summed E-state index contributed by atoms with van der Waals surface area (Å²) < 4.78 is 6.76. The summed E-state index contributed by atoms with van der Waals surface area (Å²) in [5.74, 6) is 6.59. The standard InChI is InChI=1S/C31H34N4O2/c1-31(2,3)34-20-18-24(19-21-34)37-29-27(30(36)35(32)23-14-8-5-9-15-23)25-16-10-11-17-26(25)33-28(29)22-12-6-4-7-13-22/h4-17,24H,18-21,32H2,1-3H3. The number of carbonyl (C=O) groups is 1. The van der Waals surface area contributed by atoms with Crippen molar-refractivity contribution in [1.29, 1.82) is 0 Å². The van der Waals surface area contributed by atoms with Crippen LogP contribution in [0.3, 0.4) is 0 Å². The van der Waals surface area contributed by atoms with Crippen LogP contribution in [0, 0.1) is 0 Å². The number of carbonyl (C=O) groups excluding carboxylic acids is 1. The van der Waals surface area contributed by atoms with E-state index in [2.05, 4.69) is 25.7 Å². The molecule has 1 aliphatic heterocycles. The molecule has 1 fully saturated rings. The van der Waals surface area contributed by atoms with Gasteiger partial charge in [0.1, 0.15) is 11.8 Å². The fourth-order valence-corrected chi connectivity index (χ4v) is 4.95. The Labute approximate surface area is 218 Å². The van der Waals surface area contributed by atoms with Gasteiger partial charge in [0.05, 0.1) is 16.8 Å². The first-order valence-electron chi connectivity index (χ1n) is 12.9. The molecule has 0 saturated carbocycles. The molecule has 5 rings (SSSR count). The van der Waals surface area contributed by atoms with Gasteiger partial charge in [-0.1, -0.05) is 66.7 Å². The molecule has 6 nitrogen and oxygen atoms in total. The molecule has 6 heteroatoms. The number of nitrogens with zero attached hydrogens (tertiary/aromatic N) is 3. The van der Waals surface area contributed by atoms with Crippen molar-refractivity contribution in [2.24, 2.45) is 5.84 Å². The van der Waals surface area contributed by atoms with Crippen LogP contribution in [0.5, 0.6) is 5.75 Å². The summed E-state index contributed by atoms with van der Waals surface area (Å²) in [6.45, 7) is 8.60. The monoisotopic (exact) mass is 494 g/mol. The molecule has 4 aromatic rings. The Balaban J connectivity index is 1.63. The Morgan fingerprint density at radius 3 is 2.16 bits per heavy atom. The minimum absolute atomic E-state index is 0.0291. The number of anilines is 1. The summed E-state index contributed by atoms with van der Waals surface area (Å²) in [7, 11) is 0. The number of piperidine rings is 1. The van der Waals surface area contributed by atoms with Crippen molar-refractivity contribution in [3.8, 4) is 17.0 Å². The number of hydrazine groups is 1. The van der Waals surface area contributed by atoms with Gasteiger partial charge in [-0.05, 0) is 51.8 Å². The third-order valence-electron chi connectivity index (χ3n) is 7.04. The molecule has 1 amide bonds. The van der Waals surface area contributed by atoms with Gasteiger partial charge in [0.25, 0.3) is 5.91 Å². The molecule has 0 atom stereocenters. The van der Waals surface area contributed by atoms with Crippen LogP contribution in [0.4, 0.5) is 5.69 Å². The molecular formula is C31H34N4O2. The predicted molar refractivity (Wildman–Crippen MR) is 150 cm³/mol. The van der Waals surface area contributed by atoms with Gasteiger partial charge < -0.3 is 4.74 Å². The van der Waals surface area contributed by atoms with E-state index in [1.807, 2.05) is 84.9 Å². The lowest BCUT2D eigenvalue weighted by atomic mass is 9.98. The molecule has 37 heavy (non-hydrogen) atoms. The average Bonchev–Trinajstić information content (AvgIpc) is 2.92. The maximum absolute atomic E-state index is 14.1. The van der Waals surface area contributed by atoms with Gasteiger partial charge >= 0.3 is 0 Å². The summed E-state index contributed by atoms with van der Waals surface area (Å²) in [4.78, 5) is 21.5. The molecule has 0 bridgehead atoms. The van der Waals surface area contributed by atoms with Crippen molar-refractivity contribution in [3.05, 3.63) is 90.5 Å². The van der Waals surface area contributed by atoms with Crippen LogP contribution < -0.4 is 15.6 Å². The molecule has 190 valence electrons. The van der Waals surface area contributed by atoms with Gasteiger partial charge in [0.2, 0.25) is 0 Å². The number of likely N-dealkylation sites (tertiary alicyclic amines) is 1. The van der Waals surface area contributed by atoms with E-state index < -0.39 is 0 Å². The highest BCUT2D eigenvalue weighted by atomic mass is 16.5. The van der Waals surface area contributed by atoms with Crippen LogP contribution in [0.25, 0.3) is 22.2 Å². The number of ether oxygens (including phenoxy) is 1. The van der Waals surface area contributed by atoms with E-state index in [4.69, 9.17) is 15.6 Å². The zero-order valence-corrected chi connectivity index (χ0v) is 21.7. The maximum Gasteiger partial charge on any atom is 0.277 e. The fraction of sp³-hybridized carbons (Fsp3) is 0.290. The third-order valence-corrected chi connectivity index (χ3v) is 7.04. The second-order valence-electron chi connectivity index (χ2n) is 10.5. The minimum Gasteiger partial charge on any atom is -0.487 e. The molecule has 0 aliphatic carbocycles. The van der Waals surface area contributed by atoms with Crippen LogP contribution in [0.2, 0.25) is 0 Å². The van der Waals surface area contributed by atoms with Crippen LogP contribution in [-0.4, -0.2) is 40.5 Å². The summed E-state index contributed by atoms with van der Waals surface area (Å²) in [5, 5.41) is 1.92. The number of nitrogens with two attached hydrogens (primary N) is 1. The quantitative estimate of drug-likeness (QED) is 0.207. The number of pyridine rings is 1. The number of fused-ring (bicyclic) bond motifs is 1. The van der Waals surface area contributed by atoms with Gasteiger partial charge in [0.15, 0.2) is 5.75 Å². The van der Waals surface area contributed by atoms with Crippen molar-refractivity contribution >= 4 is 22.5 Å². The van der Waals surface area contributed by atoms with E-state index in [9.17, 15) is 4.79 Å². The lowest BCUT2D eigenvalue weighted by molar-refractivity contribution is 0.0488. The zero-order chi connectivity index (χ0) is 26.0. The van der Waals surface area contributed by atoms with E-state index in [1.54, 1.807) is 0 Å². The molecule has 0 radical (unpaired) electrons. The summed E-state index contributed by atoms with van der Waals surface area (Å²) in [5.41, 5.74) is 3.44. The van der Waals surface area contributed by atoms with E-state index in [0.717, 1.165) is 42.4 Å². The summed E-state index contributed by atoms with van der Waals surface area (Å²) in [6.07, 6.45) is 1.71. The van der Waals surface area contributed by atoms with Crippen LogP contribution >= 0.6 is 0 Å². The highest BCUT2D eigenvalue weighted by Gasteiger charge is 2.31. The van der Waals surface area contributed by atoms with Crippen LogP contribution in [0.1, 0.15) is 44.0 Å². The second kappa shape index (κ2) is 10.3. The first kappa shape index (κ1) is 24.9. The summed E-state index contributed by atoms with van der Waals surface area (Å²) in [6, 6.07) is 26.9. The van der Waals surface area contributed by atoms with Gasteiger partial charge in [-0.3, -0.25) is 9.69 Å². The molecule has 1 aromatic heterocycles. The normalized spacial score (nSPS) is 15.0. The Kier molecular flexibility index (Phi) is 6.96. The van der Waals surface area contributed by atoms with Crippen molar-refractivity contribution < 1.29 is 9.53 Å².